The van der Waals surface area contributed by atoms with E-state index in [1.165, 1.54) is 6.07 Å². The van der Waals surface area contributed by atoms with Crippen LogP contribution in [-0.2, 0) is 0 Å². The highest BCUT2D eigenvalue weighted by Crippen LogP contribution is 2.48. The molecule has 0 aliphatic carbocycles. The summed E-state index contributed by atoms with van der Waals surface area (Å²) in [6.07, 6.45) is 3.21. The summed E-state index contributed by atoms with van der Waals surface area (Å²) >= 11 is 19.0. The van der Waals surface area contributed by atoms with Gasteiger partial charge in [0.2, 0.25) is 0 Å². The summed E-state index contributed by atoms with van der Waals surface area (Å²) in [5.41, 5.74) is -1.28. The molecule has 4 fully saturated rings. The predicted octanol–water partition coefficient (Wildman–Crippen LogP) is 6.14. The van der Waals surface area contributed by atoms with E-state index in [1.807, 2.05) is 0 Å². The van der Waals surface area contributed by atoms with E-state index in [2.05, 4.69) is 20.1 Å². The second-order valence-electron chi connectivity index (χ2n) is 11.6. The third kappa shape index (κ3) is 4.57. The molecular weight excluding hydrogens is 602 g/mol. The molecule has 4 aliphatic heterocycles. The van der Waals surface area contributed by atoms with Crippen LogP contribution in [0.4, 0.5) is 19.0 Å². The number of ether oxygens (including phenoxy) is 1. The van der Waals surface area contributed by atoms with Crippen molar-refractivity contribution in [2.24, 2.45) is 0 Å². The molecule has 0 radical (unpaired) electrons. The van der Waals surface area contributed by atoms with Crippen LogP contribution in [0.2, 0.25) is 15.1 Å². The minimum absolute atomic E-state index is 0.0540. The second-order valence-corrected chi connectivity index (χ2v) is 12.8. The Labute approximate surface area is 249 Å². The summed E-state index contributed by atoms with van der Waals surface area (Å²) in [5, 5.41) is 13.8. The lowest BCUT2D eigenvalue weighted by molar-refractivity contribution is 0.107. The first-order valence-corrected chi connectivity index (χ1v) is 14.9. The highest BCUT2D eigenvalue weighted by atomic mass is 35.5. The van der Waals surface area contributed by atoms with E-state index in [0.717, 1.165) is 38.3 Å². The third-order valence-electron chi connectivity index (χ3n) is 8.98. The molecule has 7 rings (SSSR count). The fourth-order valence-corrected chi connectivity index (χ4v) is 7.84. The largest absolute Gasteiger partial charge is 0.504 e. The lowest BCUT2D eigenvalue weighted by Crippen LogP contribution is -2.51. The van der Waals surface area contributed by atoms with Gasteiger partial charge in [0, 0.05) is 49.1 Å². The number of phenols is 1. The van der Waals surface area contributed by atoms with Crippen LogP contribution in [0.15, 0.2) is 12.1 Å². The molecule has 0 amide bonds. The maximum Gasteiger partial charge on any atom is 0.319 e. The van der Waals surface area contributed by atoms with E-state index >= 15 is 4.39 Å². The molecule has 218 valence electrons. The molecule has 2 N–H and O–H groups in total. The summed E-state index contributed by atoms with van der Waals surface area (Å²) in [4.78, 5) is 13.4. The van der Waals surface area contributed by atoms with Crippen LogP contribution >= 0.6 is 34.8 Å². The second kappa shape index (κ2) is 10.2. The zero-order chi connectivity index (χ0) is 28.6. The number of fused-ring (bicyclic) bond motifs is 4. The van der Waals surface area contributed by atoms with Crippen molar-refractivity contribution < 1.29 is 23.0 Å². The SMILES string of the molecule is Oc1c(F)cc(Cl)c(Cl)c1-c1c(Cl)cc2c(N3CC4CCC(C3)N4)nc(OC[C@@]34CCCN3C[C@H](F)C4)nc2c1F. The Morgan fingerprint density at radius 2 is 1.80 bits per heavy atom. The number of nitrogens with one attached hydrogen (secondary N) is 1. The Hall–Kier alpha value is -2.24. The van der Waals surface area contributed by atoms with Gasteiger partial charge in [-0.2, -0.15) is 9.97 Å². The number of aromatic hydroxyl groups is 1. The van der Waals surface area contributed by atoms with Crippen LogP contribution < -0.4 is 15.0 Å². The number of anilines is 1. The van der Waals surface area contributed by atoms with Crippen molar-refractivity contribution in [2.75, 3.05) is 37.7 Å². The fourth-order valence-electron chi connectivity index (χ4n) is 7.13. The van der Waals surface area contributed by atoms with Gasteiger partial charge in [-0.3, -0.25) is 4.90 Å². The summed E-state index contributed by atoms with van der Waals surface area (Å²) in [6, 6.07) is 2.81. The number of aromatic nitrogens is 2. The van der Waals surface area contributed by atoms with Crippen molar-refractivity contribution in [3.63, 3.8) is 0 Å². The first-order chi connectivity index (χ1) is 19.6. The first-order valence-electron chi connectivity index (χ1n) is 13.7. The number of alkyl halides is 1. The van der Waals surface area contributed by atoms with Crippen molar-refractivity contribution in [1.29, 1.82) is 0 Å². The topological polar surface area (TPSA) is 73.8 Å². The van der Waals surface area contributed by atoms with Gasteiger partial charge < -0.3 is 20.1 Å². The van der Waals surface area contributed by atoms with Gasteiger partial charge in [-0.1, -0.05) is 34.8 Å². The maximum absolute atomic E-state index is 16.5. The number of halogens is 6. The Kier molecular flexibility index (Phi) is 6.86. The van der Waals surface area contributed by atoms with Gasteiger partial charge in [0.15, 0.2) is 17.4 Å². The average molecular weight is 629 g/mol. The van der Waals surface area contributed by atoms with E-state index in [9.17, 15) is 13.9 Å². The van der Waals surface area contributed by atoms with Crippen LogP contribution in [0, 0.1) is 11.6 Å². The van der Waals surface area contributed by atoms with Crippen LogP contribution in [-0.4, -0.2) is 76.6 Å². The van der Waals surface area contributed by atoms with Crippen LogP contribution in [0.1, 0.15) is 32.1 Å². The number of hydrogen-bond acceptors (Lipinski definition) is 7. The molecule has 4 saturated heterocycles. The van der Waals surface area contributed by atoms with Gasteiger partial charge in [0.1, 0.15) is 24.1 Å². The molecule has 0 spiro atoms. The molecule has 0 saturated carbocycles. The molecule has 7 nitrogen and oxygen atoms in total. The van der Waals surface area contributed by atoms with Crippen molar-refractivity contribution >= 4 is 51.5 Å². The van der Waals surface area contributed by atoms with Crippen LogP contribution in [0.5, 0.6) is 11.8 Å². The Morgan fingerprint density at radius 1 is 1.05 bits per heavy atom. The molecule has 4 atom stereocenters. The first kappa shape index (κ1) is 27.6. The fraction of sp³-hybridized carbons (Fsp3) is 0.500. The zero-order valence-corrected chi connectivity index (χ0v) is 24.1. The third-order valence-corrected chi connectivity index (χ3v) is 10.1. The molecule has 2 aromatic carbocycles. The number of rotatable bonds is 5. The minimum atomic E-state index is -1.07. The molecule has 4 aliphatic rings. The summed E-state index contributed by atoms with van der Waals surface area (Å²) < 4.78 is 51.4. The van der Waals surface area contributed by atoms with Crippen LogP contribution in [0.25, 0.3) is 22.0 Å². The van der Waals surface area contributed by atoms with Crippen LogP contribution in [0.3, 0.4) is 0 Å². The summed E-state index contributed by atoms with van der Waals surface area (Å²) in [7, 11) is 0. The van der Waals surface area contributed by atoms with Gasteiger partial charge in [-0.15, -0.1) is 0 Å². The Bertz CT molecular complexity index is 1530. The van der Waals surface area contributed by atoms with Gasteiger partial charge >= 0.3 is 6.01 Å². The van der Waals surface area contributed by atoms with Crippen molar-refractivity contribution in [1.82, 2.24) is 20.2 Å². The molecular formula is C28H27Cl3F3N5O2. The van der Waals surface area contributed by atoms with Gasteiger partial charge in [-0.05, 0) is 44.4 Å². The van der Waals surface area contributed by atoms with E-state index < -0.39 is 29.1 Å². The molecule has 2 unspecified atom stereocenters. The predicted molar refractivity (Wildman–Crippen MR) is 152 cm³/mol. The Morgan fingerprint density at radius 3 is 2.56 bits per heavy atom. The summed E-state index contributed by atoms with van der Waals surface area (Å²) in [6.45, 7) is 2.63. The zero-order valence-electron chi connectivity index (χ0n) is 21.9. The highest BCUT2D eigenvalue weighted by Gasteiger charge is 2.49. The molecule has 2 bridgehead atoms. The normalized spacial score (nSPS) is 27.7. The number of hydrogen-bond donors (Lipinski definition) is 2. The van der Waals surface area contributed by atoms with E-state index in [-0.39, 0.29) is 56.4 Å². The number of benzene rings is 2. The highest BCUT2D eigenvalue weighted by molar-refractivity contribution is 6.44. The standard InChI is InChI=1S/C28H27Cl3F3N5O2/c29-17-6-16-24(23(34)20(17)21-22(31)18(30)7-19(33)25(21)40)36-27(37-26(16)38-10-14-2-3-15(11-38)35-14)41-12-28-4-1-5-39(28)9-13(32)8-28/h6-7,13-15,35,40H,1-5,8-12H2/t13-,14?,15?,28+/m1/s1. The quantitative estimate of drug-likeness (QED) is 0.329. The van der Waals surface area contributed by atoms with Gasteiger partial charge in [-0.25, -0.2) is 13.2 Å². The van der Waals surface area contributed by atoms with Gasteiger partial charge in [0.25, 0.3) is 0 Å². The number of nitrogens with zero attached hydrogens (tertiary/aromatic N) is 4. The molecule has 13 heteroatoms. The summed E-state index contributed by atoms with van der Waals surface area (Å²) in [5.74, 6) is -2.43. The van der Waals surface area contributed by atoms with E-state index in [1.54, 1.807) is 0 Å². The number of piperazine rings is 1. The molecule has 41 heavy (non-hydrogen) atoms. The van der Waals surface area contributed by atoms with E-state index in [4.69, 9.17) is 44.5 Å². The van der Waals surface area contributed by atoms with Crippen molar-refractivity contribution in [3.05, 3.63) is 38.8 Å². The van der Waals surface area contributed by atoms with Crippen molar-refractivity contribution in [2.45, 2.75) is 55.9 Å². The minimum Gasteiger partial charge on any atom is -0.504 e. The lowest BCUT2D eigenvalue weighted by atomic mass is 9.95. The van der Waals surface area contributed by atoms with E-state index in [0.29, 0.717) is 37.3 Å². The van der Waals surface area contributed by atoms with Crippen molar-refractivity contribution in [3.8, 4) is 22.9 Å². The molecule has 3 aromatic rings. The maximum atomic E-state index is 16.5. The van der Waals surface area contributed by atoms with Gasteiger partial charge in [0.05, 0.1) is 26.2 Å². The average Bonchev–Trinajstić information content (AvgIpc) is 3.58. The Balaban J connectivity index is 1.37. The molecule has 5 heterocycles. The monoisotopic (exact) mass is 627 g/mol. The number of phenolic OH excluding ortho intramolecular Hbond substituents is 1. The molecule has 1 aromatic heterocycles. The smallest absolute Gasteiger partial charge is 0.319 e. The lowest BCUT2D eigenvalue weighted by Gasteiger charge is -2.34.